The summed E-state index contributed by atoms with van der Waals surface area (Å²) in [6.45, 7) is 0.794. The highest BCUT2D eigenvalue weighted by Gasteiger charge is 2.48. The van der Waals surface area contributed by atoms with Crippen LogP contribution in [0.1, 0.15) is 24.8 Å². The first kappa shape index (κ1) is 20.0. The second-order valence-electron chi connectivity index (χ2n) is 7.57. The van der Waals surface area contributed by atoms with Crippen LogP contribution in [0.15, 0.2) is 53.4 Å². The van der Waals surface area contributed by atoms with Gasteiger partial charge in [0.2, 0.25) is 15.9 Å². The predicted octanol–water partition coefficient (Wildman–Crippen LogP) is 2.92. The topological polar surface area (TPSA) is 57.7 Å². The van der Waals surface area contributed by atoms with Crippen molar-refractivity contribution in [2.75, 3.05) is 26.2 Å². The Bertz CT molecular complexity index is 1020. The van der Waals surface area contributed by atoms with E-state index in [0.717, 1.165) is 37.0 Å². The standard InChI is InChI=1S/C21H22F2N2O3S/c22-18-8-7-17(15-19(18)23)29(27,28)25-13-11-24(12-14-25)20(26)21(9-4-10-21)16-5-2-1-3-6-16/h1-3,5-8,15H,4,9-14H2. The molecule has 0 bridgehead atoms. The Morgan fingerprint density at radius 3 is 2.10 bits per heavy atom. The van der Waals surface area contributed by atoms with Crippen molar-refractivity contribution in [1.82, 2.24) is 9.21 Å². The van der Waals surface area contributed by atoms with Crippen molar-refractivity contribution in [3.63, 3.8) is 0 Å². The van der Waals surface area contributed by atoms with E-state index in [4.69, 9.17) is 0 Å². The highest BCUT2D eigenvalue weighted by molar-refractivity contribution is 7.89. The summed E-state index contributed by atoms with van der Waals surface area (Å²) in [6.07, 6.45) is 2.58. The van der Waals surface area contributed by atoms with Crippen LogP contribution < -0.4 is 0 Å². The molecule has 2 aromatic carbocycles. The smallest absolute Gasteiger partial charge is 0.243 e. The van der Waals surface area contributed by atoms with Gasteiger partial charge in [0.25, 0.3) is 0 Å². The molecule has 0 radical (unpaired) electrons. The fraction of sp³-hybridized carbons (Fsp3) is 0.381. The number of benzene rings is 2. The van der Waals surface area contributed by atoms with E-state index in [1.807, 2.05) is 30.3 Å². The maximum absolute atomic E-state index is 13.5. The van der Waals surface area contributed by atoms with Crippen LogP contribution in [0.5, 0.6) is 0 Å². The van der Waals surface area contributed by atoms with E-state index in [-0.39, 0.29) is 37.0 Å². The van der Waals surface area contributed by atoms with E-state index < -0.39 is 27.1 Å². The average molecular weight is 420 g/mol. The van der Waals surface area contributed by atoms with E-state index in [9.17, 15) is 22.0 Å². The number of carbonyl (C=O) groups excluding carboxylic acids is 1. The van der Waals surface area contributed by atoms with Crippen LogP contribution in [0.4, 0.5) is 8.78 Å². The summed E-state index contributed by atoms with van der Waals surface area (Å²) in [5.74, 6) is -2.25. The molecular weight excluding hydrogens is 398 g/mol. The molecule has 5 nitrogen and oxygen atoms in total. The van der Waals surface area contributed by atoms with Gasteiger partial charge < -0.3 is 4.90 Å². The monoisotopic (exact) mass is 420 g/mol. The molecule has 0 aromatic heterocycles. The molecule has 0 atom stereocenters. The van der Waals surface area contributed by atoms with Crippen molar-refractivity contribution in [3.05, 3.63) is 65.7 Å². The van der Waals surface area contributed by atoms with Gasteiger partial charge in [-0.15, -0.1) is 0 Å². The number of hydrogen-bond donors (Lipinski definition) is 0. The number of halogens is 2. The lowest BCUT2D eigenvalue weighted by Crippen LogP contribution is -2.57. The lowest BCUT2D eigenvalue weighted by molar-refractivity contribution is -0.142. The van der Waals surface area contributed by atoms with Crippen LogP contribution in [0.2, 0.25) is 0 Å². The van der Waals surface area contributed by atoms with Crippen LogP contribution in [0.3, 0.4) is 0 Å². The molecule has 154 valence electrons. The molecule has 2 fully saturated rings. The van der Waals surface area contributed by atoms with E-state index >= 15 is 0 Å². The van der Waals surface area contributed by atoms with Crippen LogP contribution in [0.25, 0.3) is 0 Å². The van der Waals surface area contributed by atoms with Crippen LogP contribution in [-0.2, 0) is 20.2 Å². The number of sulfonamides is 1. The molecular formula is C21H22F2N2O3S. The molecule has 1 aliphatic heterocycles. The van der Waals surface area contributed by atoms with Crippen molar-refractivity contribution in [3.8, 4) is 0 Å². The molecule has 29 heavy (non-hydrogen) atoms. The summed E-state index contributed by atoms with van der Waals surface area (Å²) in [4.78, 5) is 14.7. The third kappa shape index (κ3) is 3.44. The zero-order valence-corrected chi connectivity index (χ0v) is 16.7. The van der Waals surface area contributed by atoms with Crippen LogP contribution >= 0.6 is 0 Å². The maximum atomic E-state index is 13.5. The zero-order chi connectivity index (χ0) is 20.6. The SMILES string of the molecule is O=C(N1CCN(S(=O)(=O)c2ccc(F)c(F)c2)CC1)C1(c2ccccc2)CCC1. The Hall–Kier alpha value is -2.32. The van der Waals surface area contributed by atoms with Gasteiger partial charge in [0.1, 0.15) is 0 Å². The molecule has 0 spiro atoms. The number of nitrogens with zero attached hydrogens (tertiary/aromatic N) is 2. The van der Waals surface area contributed by atoms with Gasteiger partial charge in [-0.25, -0.2) is 17.2 Å². The van der Waals surface area contributed by atoms with Crippen LogP contribution in [-0.4, -0.2) is 49.7 Å². The molecule has 2 aliphatic rings. The van der Waals surface area contributed by atoms with Crippen molar-refractivity contribution in [2.45, 2.75) is 29.6 Å². The summed E-state index contributed by atoms with van der Waals surface area (Å²) in [7, 11) is -3.94. The summed E-state index contributed by atoms with van der Waals surface area (Å²) in [5, 5.41) is 0. The highest BCUT2D eigenvalue weighted by Crippen LogP contribution is 2.45. The fourth-order valence-electron chi connectivity index (χ4n) is 4.13. The number of hydrogen-bond acceptors (Lipinski definition) is 3. The first-order valence-corrected chi connectivity index (χ1v) is 11.1. The molecule has 2 aromatic rings. The number of piperazine rings is 1. The Labute approximate surface area is 169 Å². The first-order chi connectivity index (χ1) is 13.8. The molecule has 4 rings (SSSR count). The molecule has 1 amide bonds. The summed E-state index contributed by atoms with van der Waals surface area (Å²) < 4.78 is 53.3. The van der Waals surface area contributed by atoms with Gasteiger partial charge in [-0.3, -0.25) is 4.79 Å². The molecule has 1 heterocycles. The van der Waals surface area contributed by atoms with Gasteiger partial charge in [-0.1, -0.05) is 36.8 Å². The van der Waals surface area contributed by atoms with E-state index in [2.05, 4.69) is 0 Å². The van der Waals surface area contributed by atoms with Gasteiger partial charge in [0, 0.05) is 26.2 Å². The van der Waals surface area contributed by atoms with Crippen molar-refractivity contribution >= 4 is 15.9 Å². The Kier molecular flexibility index (Phi) is 5.16. The third-order valence-electron chi connectivity index (χ3n) is 6.00. The lowest BCUT2D eigenvalue weighted by Gasteiger charge is -2.45. The fourth-order valence-corrected chi connectivity index (χ4v) is 5.57. The third-order valence-corrected chi connectivity index (χ3v) is 7.89. The largest absolute Gasteiger partial charge is 0.339 e. The number of amides is 1. The Balaban J connectivity index is 1.48. The molecule has 0 N–H and O–H groups in total. The Morgan fingerprint density at radius 2 is 1.55 bits per heavy atom. The molecule has 1 saturated heterocycles. The summed E-state index contributed by atoms with van der Waals surface area (Å²) >= 11 is 0. The predicted molar refractivity (Wildman–Crippen MR) is 104 cm³/mol. The normalized spacial score (nSPS) is 19.6. The van der Waals surface area contributed by atoms with Crippen LogP contribution in [0, 0.1) is 11.6 Å². The van der Waals surface area contributed by atoms with E-state index in [1.54, 1.807) is 4.90 Å². The zero-order valence-electron chi connectivity index (χ0n) is 15.9. The second kappa shape index (κ2) is 7.50. The van der Waals surface area contributed by atoms with Crippen molar-refractivity contribution in [1.29, 1.82) is 0 Å². The van der Waals surface area contributed by atoms with Gasteiger partial charge in [-0.05, 0) is 36.6 Å². The minimum Gasteiger partial charge on any atom is -0.339 e. The lowest BCUT2D eigenvalue weighted by atomic mass is 9.63. The molecule has 1 aliphatic carbocycles. The highest BCUT2D eigenvalue weighted by atomic mass is 32.2. The number of carbonyl (C=O) groups is 1. The van der Waals surface area contributed by atoms with Gasteiger partial charge >= 0.3 is 0 Å². The van der Waals surface area contributed by atoms with E-state index in [0.29, 0.717) is 6.07 Å². The number of rotatable bonds is 4. The molecule has 0 unspecified atom stereocenters. The van der Waals surface area contributed by atoms with Gasteiger partial charge in [-0.2, -0.15) is 4.31 Å². The van der Waals surface area contributed by atoms with Gasteiger partial charge in [0.05, 0.1) is 10.3 Å². The molecule has 1 saturated carbocycles. The Morgan fingerprint density at radius 1 is 0.897 bits per heavy atom. The summed E-state index contributed by atoms with van der Waals surface area (Å²) in [5.41, 5.74) is 0.496. The quantitative estimate of drug-likeness (QED) is 0.764. The van der Waals surface area contributed by atoms with E-state index in [1.165, 1.54) is 4.31 Å². The minimum atomic E-state index is -3.94. The second-order valence-corrected chi connectivity index (χ2v) is 9.51. The minimum absolute atomic E-state index is 0.0415. The average Bonchev–Trinajstić information content (AvgIpc) is 2.70. The summed E-state index contributed by atoms with van der Waals surface area (Å²) in [6, 6.07) is 12.3. The van der Waals surface area contributed by atoms with Crippen molar-refractivity contribution < 1.29 is 22.0 Å². The van der Waals surface area contributed by atoms with Gasteiger partial charge in [0.15, 0.2) is 11.6 Å². The maximum Gasteiger partial charge on any atom is 0.243 e. The first-order valence-electron chi connectivity index (χ1n) is 9.65. The van der Waals surface area contributed by atoms with Crippen molar-refractivity contribution in [2.24, 2.45) is 0 Å². The molecule has 8 heteroatoms.